The molecule has 1 aromatic carbocycles. The number of hydrogen-bond donors (Lipinski definition) is 0. The molecule has 0 radical (unpaired) electrons. The van der Waals surface area contributed by atoms with E-state index in [0.29, 0.717) is 12.3 Å². The Morgan fingerprint density at radius 2 is 2.00 bits per heavy atom. The van der Waals surface area contributed by atoms with Gasteiger partial charge in [0.2, 0.25) is 6.20 Å². The van der Waals surface area contributed by atoms with Crippen LogP contribution in [0.4, 0.5) is 8.78 Å². The van der Waals surface area contributed by atoms with Crippen molar-refractivity contribution in [3.8, 4) is 0 Å². The minimum absolute atomic E-state index is 0.000556. The van der Waals surface area contributed by atoms with Gasteiger partial charge in [-0.2, -0.15) is 0 Å². The fourth-order valence-electron chi connectivity index (χ4n) is 0.948. The Bertz CT molecular complexity index is 402. The fourth-order valence-corrected chi connectivity index (χ4v) is 0.948. The summed E-state index contributed by atoms with van der Waals surface area (Å²) < 4.78 is 25.7. The minimum atomic E-state index is -0.814. The molecule has 0 heterocycles. The number of aryl methyl sites for hydroxylation is 1. The first-order valence-corrected chi connectivity index (χ1v) is 3.78. The molecule has 74 valence electrons. The van der Waals surface area contributed by atoms with Crippen molar-refractivity contribution in [1.82, 2.24) is 0 Å². The molecule has 0 spiro atoms. The van der Waals surface area contributed by atoms with Crippen molar-refractivity contribution in [1.29, 1.82) is 0 Å². The second-order valence-corrected chi connectivity index (χ2v) is 2.72. The fraction of sp³-hybridized carbons (Fsp3) is 0.111. The van der Waals surface area contributed by atoms with Gasteiger partial charge >= 0.3 is 0 Å². The summed E-state index contributed by atoms with van der Waals surface area (Å²) in [5.41, 5.74) is 0.245. The molecule has 1 aromatic rings. The van der Waals surface area contributed by atoms with E-state index in [-0.39, 0.29) is 11.1 Å². The maximum atomic E-state index is 13.0. The largest absolute Gasteiger partial charge is 0.259 e. The number of nitrogens with zero attached hydrogens (tertiary/aromatic N) is 1. The van der Waals surface area contributed by atoms with Crippen LogP contribution in [0.3, 0.4) is 0 Å². The van der Waals surface area contributed by atoms with E-state index in [0.717, 1.165) is 6.08 Å². The van der Waals surface area contributed by atoms with Gasteiger partial charge < -0.3 is 0 Å². The Balaban J connectivity index is 3.10. The quantitative estimate of drug-likeness (QED) is 0.542. The molecule has 0 saturated carbocycles. The van der Waals surface area contributed by atoms with E-state index in [2.05, 4.69) is 0 Å². The van der Waals surface area contributed by atoms with Crippen LogP contribution in [0.2, 0.25) is 0 Å². The number of nitro groups is 1. The van der Waals surface area contributed by atoms with E-state index in [4.69, 9.17) is 0 Å². The van der Waals surface area contributed by atoms with Gasteiger partial charge in [0, 0.05) is 17.7 Å². The van der Waals surface area contributed by atoms with Crippen molar-refractivity contribution < 1.29 is 13.7 Å². The van der Waals surface area contributed by atoms with Gasteiger partial charge in [-0.3, -0.25) is 10.1 Å². The average Bonchev–Trinajstić information content (AvgIpc) is 2.09. The third kappa shape index (κ3) is 2.35. The first-order valence-electron chi connectivity index (χ1n) is 3.78. The highest BCUT2D eigenvalue weighted by Gasteiger charge is 2.05. The van der Waals surface area contributed by atoms with Crippen molar-refractivity contribution in [2.45, 2.75) is 6.92 Å². The highest BCUT2D eigenvalue weighted by Crippen LogP contribution is 2.15. The summed E-state index contributed by atoms with van der Waals surface area (Å²) in [6.07, 6.45) is 1.59. The SMILES string of the molecule is Cc1cc(C=C[N+](=O)[O-])c(F)cc1F. The van der Waals surface area contributed by atoms with Crippen molar-refractivity contribution in [3.63, 3.8) is 0 Å². The Hall–Kier alpha value is -1.78. The molecule has 0 amide bonds. The van der Waals surface area contributed by atoms with Gasteiger partial charge in [-0.25, -0.2) is 8.78 Å². The lowest BCUT2D eigenvalue weighted by Crippen LogP contribution is -1.90. The number of hydrogen-bond acceptors (Lipinski definition) is 2. The van der Waals surface area contributed by atoms with Crippen molar-refractivity contribution >= 4 is 6.08 Å². The Morgan fingerprint density at radius 3 is 2.57 bits per heavy atom. The molecule has 1 rings (SSSR count). The van der Waals surface area contributed by atoms with E-state index in [1.807, 2.05) is 0 Å². The van der Waals surface area contributed by atoms with Crippen molar-refractivity contribution in [2.75, 3.05) is 0 Å². The summed E-state index contributed by atoms with van der Waals surface area (Å²) >= 11 is 0. The maximum absolute atomic E-state index is 13.0. The molecule has 0 unspecified atom stereocenters. The van der Waals surface area contributed by atoms with E-state index in [1.54, 1.807) is 0 Å². The molecule has 0 atom stereocenters. The molecule has 0 fully saturated rings. The Labute approximate surface area is 78.8 Å². The zero-order valence-corrected chi connectivity index (χ0v) is 7.33. The number of benzene rings is 1. The molecule has 3 nitrogen and oxygen atoms in total. The van der Waals surface area contributed by atoms with Crippen LogP contribution in [0.25, 0.3) is 6.08 Å². The van der Waals surface area contributed by atoms with Crippen LogP contribution < -0.4 is 0 Å². The van der Waals surface area contributed by atoms with Crippen LogP contribution in [0.1, 0.15) is 11.1 Å². The zero-order valence-electron chi connectivity index (χ0n) is 7.33. The van der Waals surface area contributed by atoms with Gasteiger partial charge in [-0.05, 0) is 18.6 Å². The van der Waals surface area contributed by atoms with Gasteiger partial charge in [0.1, 0.15) is 11.6 Å². The first kappa shape index (κ1) is 10.3. The first-order chi connectivity index (χ1) is 6.50. The number of halogens is 2. The summed E-state index contributed by atoms with van der Waals surface area (Å²) in [6.45, 7) is 1.46. The van der Waals surface area contributed by atoms with Gasteiger partial charge in [-0.15, -0.1) is 0 Å². The molecular weight excluding hydrogens is 192 g/mol. The second kappa shape index (κ2) is 3.95. The van der Waals surface area contributed by atoms with Gasteiger partial charge in [-0.1, -0.05) is 0 Å². The lowest BCUT2D eigenvalue weighted by molar-refractivity contribution is -0.400. The molecule has 0 bridgehead atoms. The molecule has 5 heteroatoms. The molecule has 0 aromatic heterocycles. The molecular formula is C9H7F2NO2. The predicted molar refractivity (Wildman–Crippen MR) is 47.1 cm³/mol. The molecule has 0 aliphatic rings. The maximum Gasteiger partial charge on any atom is 0.235 e. The van der Waals surface area contributed by atoms with Crippen LogP contribution in [-0.4, -0.2) is 4.92 Å². The highest BCUT2D eigenvalue weighted by atomic mass is 19.1. The third-order valence-corrected chi connectivity index (χ3v) is 1.65. The minimum Gasteiger partial charge on any atom is -0.259 e. The van der Waals surface area contributed by atoms with Gasteiger partial charge in [0.15, 0.2) is 0 Å². The van der Waals surface area contributed by atoms with Gasteiger partial charge in [0.05, 0.1) is 4.92 Å². The van der Waals surface area contributed by atoms with Crippen molar-refractivity contribution in [2.24, 2.45) is 0 Å². The van der Waals surface area contributed by atoms with Crippen LogP contribution in [-0.2, 0) is 0 Å². The smallest absolute Gasteiger partial charge is 0.235 e. The second-order valence-electron chi connectivity index (χ2n) is 2.72. The normalized spacial score (nSPS) is 10.8. The van der Waals surface area contributed by atoms with E-state index < -0.39 is 16.6 Å². The Kier molecular flexibility index (Phi) is 2.91. The summed E-state index contributed by atoms with van der Waals surface area (Å²) in [7, 11) is 0. The Morgan fingerprint density at radius 1 is 1.36 bits per heavy atom. The topological polar surface area (TPSA) is 43.1 Å². The molecule has 0 aliphatic heterocycles. The van der Waals surface area contributed by atoms with Crippen LogP contribution >= 0.6 is 0 Å². The third-order valence-electron chi connectivity index (χ3n) is 1.65. The monoisotopic (exact) mass is 199 g/mol. The van der Waals surface area contributed by atoms with Crippen LogP contribution in [0.5, 0.6) is 0 Å². The van der Waals surface area contributed by atoms with E-state index in [1.165, 1.54) is 13.0 Å². The molecule has 0 N–H and O–H groups in total. The standard InChI is InChI=1S/C9H7F2NO2/c1-6-4-7(2-3-12(13)14)9(11)5-8(6)10/h2-5H,1H3. The molecule has 0 saturated heterocycles. The molecule has 14 heavy (non-hydrogen) atoms. The van der Waals surface area contributed by atoms with Crippen molar-refractivity contribution in [3.05, 3.63) is 51.2 Å². The summed E-state index contributed by atoms with van der Waals surface area (Å²) in [6, 6.07) is 1.92. The van der Waals surface area contributed by atoms with Crippen LogP contribution in [0, 0.1) is 28.7 Å². The number of rotatable bonds is 2. The van der Waals surface area contributed by atoms with Gasteiger partial charge in [0.25, 0.3) is 0 Å². The predicted octanol–water partition coefficient (Wildman–Crippen LogP) is 2.52. The van der Waals surface area contributed by atoms with E-state index in [9.17, 15) is 18.9 Å². The lowest BCUT2D eigenvalue weighted by atomic mass is 10.1. The average molecular weight is 199 g/mol. The molecule has 0 aliphatic carbocycles. The highest BCUT2D eigenvalue weighted by molar-refractivity contribution is 5.50. The summed E-state index contributed by atoms with van der Waals surface area (Å²) in [4.78, 5) is 9.25. The summed E-state index contributed by atoms with van der Waals surface area (Å²) in [5.74, 6) is -1.48. The lowest BCUT2D eigenvalue weighted by Gasteiger charge is -1.99. The summed E-state index contributed by atoms with van der Waals surface area (Å²) in [5, 5.41) is 9.96. The van der Waals surface area contributed by atoms with Crippen LogP contribution in [0.15, 0.2) is 18.3 Å². The zero-order chi connectivity index (χ0) is 10.7. The van der Waals surface area contributed by atoms with E-state index >= 15 is 0 Å².